The molecule has 0 amide bonds. The van der Waals surface area contributed by atoms with E-state index < -0.39 is 10.0 Å². The van der Waals surface area contributed by atoms with Crippen LogP contribution in [-0.4, -0.2) is 15.5 Å². The Balaban J connectivity index is 2.27. The minimum atomic E-state index is -3.55. The Labute approximate surface area is 123 Å². The fraction of sp³-hybridized carbons (Fsp3) is 0.286. The summed E-state index contributed by atoms with van der Waals surface area (Å²) in [6.45, 7) is 3.86. The number of hydrogen-bond donors (Lipinski definition) is 2. The number of rotatable bonds is 5. The van der Waals surface area contributed by atoms with Crippen molar-refractivity contribution in [2.24, 2.45) is 0 Å². The normalized spacial score (nSPS) is 13.2. The molecule has 6 heteroatoms. The monoisotopic (exact) mass is 310 g/mol. The Hall–Kier alpha value is -1.37. The summed E-state index contributed by atoms with van der Waals surface area (Å²) in [4.78, 5) is 2.44. The van der Waals surface area contributed by atoms with Crippen molar-refractivity contribution >= 4 is 27.0 Å². The van der Waals surface area contributed by atoms with Crippen LogP contribution in [0.3, 0.4) is 0 Å². The van der Waals surface area contributed by atoms with E-state index in [9.17, 15) is 8.42 Å². The number of hydrogen-bond acceptors (Lipinski definition) is 4. The molecule has 1 heterocycles. The third kappa shape index (κ3) is 3.20. The fourth-order valence-corrected chi connectivity index (χ4v) is 4.34. The van der Waals surface area contributed by atoms with Crippen molar-refractivity contribution in [1.82, 2.24) is 4.72 Å². The lowest BCUT2D eigenvalue weighted by Crippen LogP contribution is -2.27. The van der Waals surface area contributed by atoms with Crippen LogP contribution in [-0.2, 0) is 10.0 Å². The molecule has 0 aliphatic carbocycles. The van der Waals surface area contributed by atoms with E-state index in [0.717, 1.165) is 4.88 Å². The number of thiophene rings is 1. The minimum absolute atomic E-state index is 0.247. The van der Waals surface area contributed by atoms with Gasteiger partial charge in [-0.2, -0.15) is 0 Å². The summed E-state index contributed by atoms with van der Waals surface area (Å²) in [7, 11) is -1.84. The SMILES string of the molecule is CNc1ccccc1S(=O)(=O)NC(C)c1ccc(C)s1. The van der Waals surface area contributed by atoms with Crippen molar-refractivity contribution in [1.29, 1.82) is 0 Å². The summed E-state index contributed by atoms with van der Waals surface area (Å²) in [6, 6.07) is 10.6. The van der Waals surface area contributed by atoms with Gasteiger partial charge in [0.05, 0.1) is 11.7 Å². The highest BCUT2D eigenvalue weighted by Crippen LogP contribution is 2.26. The number of nitrogens with one attached hydrogen (secondary N) is 2. The molecule has 1 aromatic heterocycles. The lowest BCUT2D eigenvalue weighted by molar-refractivity contribution is 0.569. The summed E-state index contributed by atoms with van der Waals surface area (Å²) in [5, 5.41) is 2.90. The van der Waals surface area contributed by atoms with Gasteiger partial charge in [-0.15, -0.1) is 11.3 Å². The van der Waals surface area contributed by atoms with Crippen molar-refractivity contribution in [3.8, 4) is 0 Å². The zero-order valence-electron chi connectivity index (χ0n) is 11.7. The van der Waals surface area contributed by atoms with Crippen LogP contribution in [0.1, 0.15) is 22.7 Å². The van der Waals surface area contributed by atoms with E-state index in [1.807, 2.05) is 26.0 Å². The predicted octanol–water partition coefficient (Wildman–Crippen LogP) is 3.14. The van der Waals surface area contributed by atoms with Gasteiger partial charge in [0.1, 0.15) is 4.90 Å². The van der Waals surface area contributed by atoms with Crippen molar-refractivity contribution in [3.05, 3.63) is 46.2 Å². The molecule has 0 spiro atoms. The van der Waals surface area contributed by atoms with E-state index in [2.05, 4.69) is 10.0 Å². The first kappa shape index (κ1) is 15.0. The standard InChI is InChI=1S/C14H18N2O2S2/c1-10-8-9-13(19-10)11(2)16-20(17,18)14-7-5-4-6-12(14)15-3/h4-9,11,15-16H,1-3H3. The number of para-hydroxylation sites is 1. The zero-order valence-corrected chi connectivity index (χ0v) is 13.3. The largest absolute Gasteiger partial charge is 0.387 e. The van der Waals surface area contributed by atoms with Crippen molar-refractivity contribution < 1.29 is 8.42 Å². The smallest absolute Gasteiger partial charge is 0.243 e. The Morgan fingerprint density at radius 1 is 1.15 bits per heavy atom. The molecule has 0 bridgehead atoms. The summed E-state index contributed by atoms with van der Waals surface area (Å²) in [6.07, 6.45) is 0. The topological polar surface area (TPSA) is 58.2 Å². The molecular formula is C14H18N2O2S2. The summed E-state index contributed by atoms with van der Waals surface area (Å²) in [5.74, 6) is 0. The van der Waals surface area contributed by atoms with E-state index >= 15 is 0 Å². The summed E-state index contributed by atoms with van der Waals surface area (Å²) in [5.41, 5.74) is 0.592. The van der Waals surface area contributed by atoms with Crippen LogP contribution in [0.25, 0.3) is 0 Å². The van der Waals surface area contributed by atoms with Crippen molar-refractivity contribution in [2.75, 3.05) is 12.4 Å². The third-order valence-corrected chi connectivity index (χ3v) is 5.75. The van der Waals surface area contributed by atoms with Crippen LogP contribution >= 0.6 is 11.3 Å². The van der Waals surface area contributed by atoms with E-state index in [1.165, 1.54) is 4.88 Å². The predicted molar refractivity (Wildman–Crippen MR) is 83.8 cm³/mol. The molecule has 1 atom stereocenters. The second-order valence-electron chi connectivity index (χ2n) is 4.54. The first-order valence-corrected chi connectivity index (χ1v) is 8.59. The zero-order chi connectivity index (χ0) is 14.8. The van der Waals surface area contributed by atoms with Gasteiger partial charge in [-0.3, -0.25) is 0 Å². The summed E-state index contributed by atoms with van der Waals surface area (Å²) >= 11 is 1.60. The maximum absolute atomic E-state index is 12.5. The minimum Gasteiger partial charge on any atom is -0.387 e. The van der Waals surface area contributed by atoms with Crippen LogP contribution in [0.2, 0.25) is 0 Å². The van der Waals surface area contributed by atoms with E-state index in [-0.39, 0.29) is 10.9 Å². The average molecular weight is 310 g/mol. The molecule has 108 valence electrons. The van der Waals surface area contributed by atoms with Crippen LogP contribution in [0, 0.1) is 6.92 Å². The molecule has 2 N–H and O–H groups in total. The van der Waals surface area contributed by atoms with Crippen LogP contribution in [0.15, 0.2) is 41.3 Å². The van der Waals surface area contributed by atoms with E-state index in [1.54, 1.807) is 42.6 Å². The Kier molecular flexibility index (Phi) is 4.47. The fourth-order valence-electron chi connectivity index (χ4n) is 1.95. The molecule has 0 fully saturated rings. The first-order valence-electron chi connectivity index (χ1n) is 6.29. The second kappa shape index (κ2) is 5.95. The van der Waals surface area contributed by atoms with Gasteiger partial charge in [-0.1, -0.05) is 12.1 Å². The molecule has 0 aliphatic rings. The Morgan fingerprint density at radius 2 is 1.85 bits per heavy atom. The highest BCUT2D eigenvalue weighted by Gasteiger charge is 2.21. The average Bonchev–Trinajstić information content (AvgIpc) is 2.85. The third-order valence-electron chi connectivity index (χ3n) is 2.97. The number of aryl methyl sites for hydroxylation is 1. The van der Waals surface area contributed by atoms with Gasteiger partial charge in [0.2, 0.25) is 10.0 Å². The van der Waals surface area contributed by atoms with Gasteiger partial charge in [0.25, 0.3) is 0 Å². The molecule has 0 saturated heterocycles. The second-order valence-corrected chi connectivity index (χ2v) is 7.54. The highest BCUT2D eigenvalue weighted by molar-refractivity contribution is 7.89. The number of benzene rings is 1. The Morgan fingerprint density at radius 3 is 2.45 bits per heavy atom. The number of sulfonamides is 1. The van der Waals surface area contributed by atoms with Gasteiger partial charge < -0.3 is 5.32 Å². The molecular weight excluding hydrogens is 292 g/mol. The molecule has 1 aromatic carbocycles. The molecule has 2 rings (SSSR count). The number of anilines is 1. The van der Waals surface area contributed by atoms with Gasteiger partial charge in [0.15, 0.2) is 0 Å². The molecule has 20 heavy (non-hydrogen) atoms. The summed E-state index contributed by atoms with van der Waals surface area (Å²) < 4.78 is 27.6. The van der Waals surface area contributed by atoms with Crippen molar-refractivity contribution in [2.45, 2.75) is 24.8 Å². The Bertz CT molecular complexity index is 693. The van der Waals surface area contributed by atoms with Gasteiger partial charge in [-0.25, -0.2) is 13.1 Å². The molecule has 2 aromatic rings. The molecule has 0 radical (unpaired) electrons. The van der Waals surface area contributed by atoms with Gasteiger partial charge in [0, 0.05) is 16.8 Å². The highest BCUT2D eigenvalue weighted by atomic mass is 32.2. The molecule has 0 saturated carbocycles. The quantitative estimate of drug-likeness (QED) is 0.892. The lowest BCUT2D eigenvalue weighted by Gasteiger charge is -2.15. The first-order chi connectivity index (χ1) is 9.44. The van der Waals surface area contributed by atoms with Gasteiger partial charge in [-0.05, 0) is 38.1 Å². The van der Waals surface area contributed by atoms with Gasteiger partial charge >= 0.3 is 0 Å². The van der Waals surface area contributed by atoms with E-state index in [4.69, 9.17) is 0 Å². The van der Waals surface area contributed by atoms with Crippen LogP contribution in [0.5, 0.6) is 0 Å². The lowest BCUT2D eigenvalue weighted by atomic mass is 10.3. The van der Waals surface area contributed by atoms with Crippen molar-refractivity contribution in [3.63, 3.8) is 0 Å². The maximum atomic E-state index is 12.5. The maximum Gasteiger partial charge on any atom is 0.243 e. The van der Waals surface area contributed by atoms with Crippen LogP contribution in [0.4, 0.5) is 5.69 Å². The molecule has 4 nitrogen and oxygen atoms in total. The molecule has 1 unspecified atom stereocenters. The van der Waals surface area contributed by atoms with Crippen LogP contribution < -0.4 is 10.0 Å². The molecule has 0 aliphatic heterocycles. The van der Waals surface area contributed by atoms with E-state index in [0.29, 0.717) is 5.69 Å².